The average molecular weight is 287 g/mol. The topological polar surface area (TPSA) is 57.8 Å². The zero-order chi connectivity index (χ0) is 14.8. The van der Waals surface area contributed by atoms with Crippen LogP contribution < -0.4 is 5.32 Å². The van der Waals surface area contributed by atoms with Gasteiger partial charge in [-0.05, 0) is 17.7 Å². The van der Waals surface area contributed by atoms with Crippen molar-refractivity contribution in [2.75, 3.05) is 0 Å². The van der Waals surface area contributed by atoms with Crippen LogP contribution >= 0.6 is 0 Å². The highest BCUT2D eigenvalue weighted by Crippen LogP contribution is 2.27. The Bertz CT molecular complexity index is 604. The molecule has 0 fully saturated rings. The van der Waals surface area contributed by atoms with E-state index in [9.17, 15) is 22.4 Å². The van der Waals surface area contributed by atoms with Gasteiger partial charge in [-0.3, -0.25) is 9.89 Å². The van der Waals surface area contributed by atoms with Gasteiger partial charge in [0, 0.05) is 12.6 Å². The van der Waals surface area contributed by atoms with E-state index in [1.54, 1.807) is 5.10 Å². The van der Waals surface area contributed by atoms with E-state index in [4.69, 9.17) is 0 Å². The summed E-state index contributed by atoms with van der Waals surface area (Å²) in [6.07, 6.45) is -4.58. The number of carbonyl (C=O) groups is 1. The fourth-order valence-electron chi connectivity index (χ4n) is 1.46. The Kier molecular flexibility index (Phi) is 3.73. The van der Waals surface area contributed by atoms with Crippen molar-refractivity contribution in [3.8, 4) is 0 Å². The van der Waals surface area contributed by atoms with Crippen LogP contribution in [0.15, 0.2) is 30.3 Å². The Balaban J connectivity index is 1.98. The fourth-order valence-corrected chi connectivity index (χ4v) is 1.46. The molecule has 1 aromatic carbocycles. The van der Waals surface area contributed by atoms with E-state index in [2.05, 4.69) is 10.4 Å². The number of H-pyrrole nitrogens is 1. The molecule has 0 aliphatic heterocycles. The standard InChI is InChI=1S/C12H9F4N3O/c13-8-3-1-7(2-4-8)6-17-11(20)9-5-10(19-18-9)12(14,15)16/h1-5H,6H2,(H,17,20)(H,18,19). The van der Waals surface area contributed by atoms with Gasteiger partial charge in [0.2, 0.25) is 0 Å². The third-order valence-electron chi connectivity index (χ3n) is 2.48. The largest absolute Gasteiger partial charge is 0.432 e. The molecule has 2 aromatic rings. The number of hydrogen-bond acceptors (Lipinski definition) is 2. The SMILES string of the molecule is O=C(NCc1ccc(F)cc1)c1cc(C(F)(F)F)[nH]n1. The molecule has 0 saturated heterocycles. The molecule has 0 saturated carbocycles. The van der Waals surface area contributed by atoms with Crippen molar-refractivity contribution >= 4 is 5.91 Å². The number of alkyl halides is 3. The van der Waals surface area contributed by atoms with Gasteiger partial charge in [0.25, 0.3) is 5.91 Å². The number of rotatable bonds is 3. The van der Waals surface area contributed by atoms with Gasteiger partial charge in [-0.25, -0.2) is 4.39 Å². The lowest BCUT2D eigenvalue weighted by molar-refractivity contribution is -0.141. The second-order valence-electron chi connectivity index (χ2n) is 3.97. The molecule has 106 valence electrons. The first-order valence-corrected chi connectivity index (χ1v) is 5.51. The minimum Gasteiger partial charge on any atom is -0.347 e. The summed E-state index contributed by atoms with van der Waals surface area (Å²) in [5.41, 5.74) is -0.838. The van der Waals surface area contributed by atoms with Crippen LogP contribution in [0, 0.1) is 5.82 Å². The van der Waals surface area contributed by atoms with E-state index in [0.717, 1.165) is 0 Å². The van der Waals surface area contributed by atoms with Crippen molar-refractivity contribution in [2.24, 2.45) is 0 Å². The smallest absolute Gasteiger partial charge is 0.347 e. The third-order valence-corrected chi connectivity index (χ3v) is 2.48. The maximum Gasteiger partial charge on any atom is 0.432 e. The number of nitrogens with one attached hydrogen (secondary N) is 2. The van der Waals surface area contributed by atoms with Gasteiger partial charge in [-0.1, -0.05) is 12.1 Å². The Morgan fingerprint density at radius 1 is 1.25 bits per heavy atom. The fraction of sp³-hybridized carbons (Fsp3) is 0.167. The van der Waals surface area contributed by atoms with E-state index in [0.29, 0.717) is 11.6 Å². The molecule has 1 heterocycles. The van der Waals surface area contributed by atoms with Crippen LogP contribution in [0.25, 0.3) is 0 Å². The van der Waals surface area contributed by atoms with E-state index >= 15 is 0 Å². The number of carbonyl (C=O) groups excluding carboxylic acids is 1. The molecule has 0 unspecified atom stereocenters. The van der Waals surface area contributed by atoms with Gasteiger partial charge in [-0.15, -0.1) is 0 Å². The summed E-state index contributed by atoms with van der Waals surface area (Å²) in [7, 11) is 0. The zero-order valence-corrected chi connectivity index (χ0v) is 9.96. The monoisotopic (exact) mass is 287 g/mol. The minimum absolute atomic E-state index is 0.0628. The molecule has 0 aliphatic rings. The predicted molar refractivity (Wildman–Crippen MR) is 61.2 cm³/mol. The first-order chi connectivity index (χ1) is 9.36. The van der Waals surface area contributed by atoms with Crippen molar-refractivity contribution < 1.29 is 22.4 Å². The Hall–Kier alpha value is -2.38. The lowest BCUT2D eigenvalue weighted by Crippen LogP contribution is -2.23. The number of halogens is 4. The molecule has 1 amide bonds. The highest BCUT2D eigenvalue weighted by Gasteiger charge is 2.33. The van der Waals surface area contributed by atoms with E-state index in [1.165, 1.54) is 24.3 Å². The zero-order valence-electron chi connectivity index (χ0n) is 9.96. The Morgan fingerprint density at radius 3 is 2.45 bits per heavy atom. The first kappa shape index (κ1) is 14.0. The highest BCUT2D eigenvalue weighted by molar-refractivity contribution is 5.92. The van der Waals surface area contributed by atoms with Crippen LogP contribution in [-0.4, -0.2) is 16.1 Å². The molecule has 0 spiro atoms. The molecule has 8 heteroatoms. The number of aromatic amines is 1. The summed E-state index contributed by atoms with van der Waals surface area (Å²) < 4.78 is 49.6. The molecule has 1 aromatic heterocycles. The van der Waals surface area contributed by atoms with Crippen LogP contribution in [0.3, 0.4) is 0 Å². The summed E-state index contributed by atoms with van der Waals surface area (Å²) >= 11 is 0. The normalized spacial score (nSPS) is 11.4. The molecule has 2 N–H and O–H groups in total. The highest BCUT2D eigenvalue weighted by atomic mass is 19.4. The lowest BCUT2D eigenvalue weighted by atomic mass is 10.2. The third kappa shape index (κ3) is 3.34. The van der Waals surface area contributed by atoms with Crippen LogP contribution in [-0.2, 0) is 12.7 Å². The molecule has 20 heavy (non-hydrogen) atoms. The van der Waals surface area contributed by atoms with Gasteiger partial charge in [0.15, 0.2) is 5.69 Å². The lowest BCUT2D eigenvalue weighted by Gasteiger charge is -2.03. The van der Waals surface area contributed by atoms with Crippen molar-refractivity contribution in [2.45, 2.75) is 12.7 Å². The number of amides is 1. The van der Waals surface area contributed by atoms with E-state index in [-0.39, 0.29) is 12.2 Å². The quantitative estimate of drug-likeness (QED) is 0.852. The predicted octanol–water partition coefficient (Wildman–Crippen LogP) is 2.50. The number of aromatic nitrogens is 2. The molecule has 0 bridgehead atoms. The maximum atomic E-state index is 12.7. The molecule has 2 rings (SSSR count). The van der Waals surface area contributed by atoms with Crippen LogP contribution in [0.2, 0.25) is 0 Å². The summed E-state index contributed by atoms with van der Waals surface area (Å²) in [6, 6.07) is 5.98. The van der Waals surface area contributed by atoms with Crippen LogP contribution in [0.4, 0.5) is 17.6 Å². The Morgan fingerprint density at radius 2 is 1.90 bits per heavy atom. The summed E-state index contributed by atoms with van der Waals surface area (Å²) in [4.78, 5) is 11.6. The summed E-state index contributed by atoms with van der Waals surface area (Å²) in [5.74, 6) is -1.16. The van der Waals surface area contributed by atoms with Gasteiger partial charge in [-0.2, -0.15) is 18.3 Å². The minimum atomic E-state index is -4.58. The van der Waals surface area contributed by atoms with E-state index in [1.807, 2.05) is 0 Å². The first-order valence-electron chi connectivity index (χ1n) is 5.51. The molecule has 0 aliphatic carbocycles. The maximum absolute atomic E-state index is 12.7. The van der Waals surface area contributed by atoms with Crippen molar-refractivity contribution in [1.82, 2.24) is 15.5 Å². The second kappa shape index (κ2) is 5.32. The molecule has 0 atom stereocenters. The Labute approximate surface area is 110 Å². The summed E-state index contributed by atoms with van der Waals surface area (Å²) in [6.45, 7) is 0.0628. The van der Waals surface area contributed by atoms with Gasteiger partial charge >= 0.3 is 6.18 Å². The second-order valence-corrected chi connectivity index (χ2v) is 3.97. The number of hydrogen-bond donors (Lipinski definition) is 2. The van der Waals surface area contributed by atoms with Crippen molar-refractivity contribution in [1.29, 1.82) is 0 Å². The summed E-state index contributed by atoms with van der Waals surface area (Å²) in [5, 5.41) is 7.43. The van der Waals surface area contributed by atoms with Gasteiger partial charge < -0.3 is 5.32 Å². The average Bonchev–Trinajstić information content (AvgIpc) is 2.87. The van der Waals surface area contributed by atoms with Crippen molar-refractivity contribution in [3.63, 3.8) is 0 Å². The van der Waals surface area contributed by atoms with Crippen molar-refractivity contribution in [3.05, 3.63) is 53.1 Å². The van der Waals surface area contributed by atoms with Crippen LogP contribution in [0.5, 0.6) is 0 Å². The number of benzene rings is 1. The van der Waals surface area contributed by atoms with Gasteiger partial charge in [0.1, 0.15) is 11.5 Å². The van der Waals surface area contributed by atoms with E-state index < -0.39 is 23.6 Å². The van der Waals surface area contributed by atoms with Gasteiger partial charge in [0.05, 0.1) is 0 Å². The number of nitrogens with zero attached hydrogens (tertiary/aromatic N) is 1. The molecule has 0 radical (unpaired) electrons. The molecular weight excluding hydrogens is 278 g/mol. The molecular formula is C12H9F4N3O. The van der Waals surface area contributed by atoms with Crippen LogP contribution in [0.1, 0.15) is 21.7 Å². The molecule has 4 nitrogen and oxygen atoms in total.